The van der Waals surface area contributed by atoms with E-state index < -0.39 is 24.2 Å². The predicted octanol–water partition coefficient (Wildman–Crippen LogP) is -0.191. The van der Waals surface area contributed by atoms with Crippen LogP contribution in [0.2, 0.25) is 0 Å². The highest BCUT2D eigenvalue weighted by Crippen LogP contribution is 2.22. The van der Waals surface area contributed by atoms with E-state index in [9.17, 15) is 19.5 Å². The molecule has 10 nitrogen and oxygen atoms in total. The van der Waals surface area contributed by atoms with E-state index in [1.54, 1.807) is 23.4 Å². The van der Waals surface area contributed by atoms with E-state index in [0.29, 0.717) is 32.1 Å². The van der Waals surface area contributed by atoms with Gasteiger partial charge in [-0.3, -0.25) is 4.79 Å². The van der Waals surface area contributed by atoms with E-state index in [-0.39, 0.29) is 18.9 Å². The van der Waals surface area contributed by atoms with Gasteiger partial charge in [0, 0.05) is 51.9 Å². The van der Waals surface area contributed by atoms with Crippen LogP contribution >= 0.6 is 0 Å². The van der Waals surface area contributed by atoms with Gasteiger partial charge in [-0.25, -0.2) is 19.6 Å². The van der Waals surface area contributed by atoms with Gasteiger partial charge in [-0.15, -0.1) is 0 Å². The first-order valence-electron chi connectivity index (χ1n) is 8.43. The Morgan fingerprint density at radius 2 is 1.81 bits per heavy atom. The molecule has 2 aliphatic rings. The van der Waals surface area contributed by atoms with Gasteiger partial charge in [0.15, 0.2) is 0 Å². The Hall–Kier alpha value is -2.91. The van der Waals surface area contributed by atoms with Crippen molar-refractivity contribution in [2.45, 2.75) is 25.5 Å². The van der Waals surface area contributed by atoms with E-state index in [2.05, 4.69) is 9.97 Å². The molecule has 3 heterocycles. The van der Waals surface area contributed by atoms with Crippen molar-refractivity contribution in [3.63, 3.8) is 0 Å². The molecule has 0 unspecified atom stereocenters. The summed E-state index contributed by atoms with van der Waals surface area (Å²) in [5.74, 6) is -0.805. The molecule has 26 heavy (non-hydrogen) atoms. The molecule has 0 bridgehead atoms. The van der Waals surface area contributed by atoms with Crippen LogP contribution in [0.25, 0.3) is 0 Å². The summed E-state index contributed by atoms with van der Waals surface area (Å²) in [6.07, 6.45) is 2.35. The topological polar surface area (TPSA) is 116 Å². The molecule has 2 amide bonds. The van der Waals surface area contributed by atoms with Crippen molar-refractivity contribution in [3.05, 3.63) is 18.5 Å². The fourth-order valence-electron chi connectivity index (χ4n) is 3.23. The molecule has 1 aromatic heterocycles. The lowest BCUT2D eigenvalue weighted by Crippen LogP contribution is -2.50. The number of amides is 2. The third-order valence-corrected chi connectivity index (χ3v) is 4.59. The number of carbonyl (C=O) groups excluding carboxylic acids is 2. The molecule has 0 saturated carbocycles. The molecule has 2 fully saturated rings. The molecule has 0 spiro atoms. The number of hydrogen-bond acceptors (Lipinski definition) is 7. The van der Waals surface area contributed by atoms with Crippen molar-refractivity contribution in [1.82, 2.24) is 19.8 Å². The van der Waals surface area contributed by atoms with Gasteiger partial charge in [0.05, 0.1) is 6.54 Å². The number of carboxylic acids is 1. The molecule has 3 rings (SSSR count). The highest BCUT2D eigenvalue weighted by molar-refractivity contribution is 5.83. The Kier molecular flexibility index (Phi) is 5.19. The number of carbonyl (C=O) groups is 3. The number of aliphatic carboxylic acids is 1. The molecule has 1 aromatic rings. The van der Waals surface area contributed by atoms with Crippen molar-refractivity contribution in [2.24, 2.45) is 0 Å². The maximum atomic E-state index is 12.4. The summed E-state index contributed by atoms with van der Waals surface area (Å²) < 4.78 is 5.43. The zero-order valence-corrected chi connectivity index (χ0v) is 14.4. The smallest absolute Gasteiger partial charge is 0.410 e. The first-order valence-corrected chi connectivity index (χ1v) is 8.43. The Morgan fingerprint density at radius 3 is 2.35 bits per heavy atom. The standard InChI is InChI=1S/C16H21N5O5/c1-11(22)21-10-12(9-13(21)14(23)24)26-16(25)20-7-5-19(6-8-20)15-17-3-2-4-18-15/h2-4,12-13H,5-10H2,1H3,(H,23,24)/t12-,13+/m1/s1. The van der Waals surface area contributed by atoms with Crippen LogP contribution in [-0.2, 0) is 14.3 Å². The van der Waals surface area contributed by atoms with Gasteiger partial charge in [-0.05, 0) is 6.07 Å². The largest absolute Gasteiger partial charge is 0.480 e. The number of carboxylic acid groups (broad SMARTS) is 1. The molecule has 2 aliphatic heterocycles. The van der Waals surface area contributed by atoms with Crippen molar-refractivity contribution in [3.8, 4) is 0 Å². The second-order valence-electron chi connectivity index (χ2n) is 6.29. The van der Waals surface area contributed by atoms with Crippen molar-refractivity contribution < 1.29 is 24.2 Å². The number of aromatic nitrogens is 2. The van der Waals surface area contributed by atoms with Crippen LogP contribution < -0.4 is 4.90 Å². The highest BCUT2D eigenvalue weighted by atomic mass is 16.6. The van der Waals surface area contributed by atoms with Crippen molar-refractivity contribution in [1.29, 1.82) is 0 Å². The van der Waals surface area contributed by atoms with E-state index in [1.807, 2.05) is 4.90 Å². The monoisotopic (exact) mass is 363 g/mol. The maximum Gasteiger partial charge on any atom is 0.410 e. The molecular weight excluding hydrogens is 342 g/mol. The average molecular weight is 363 g/mol. The fraction of sp³-hybridized carbons (Fsp3) is 0.562. The van der Waals surface area contributed by atoms with Crippen LogP contribution in [0.3, 0.4) is 0 Å². The molecule has 0 aliphatic carbocycles. The summed E-state index contributed by atoms with van der Waals surface area (Å²) in [5.41, 5.74) is 0. The minimum absolute atomic E-state index is 0.107. The van der Waals surface area contributed by atoms with Gasteiger partial charge in [-0.2, -0.15) is 0 Å². The summed E-state index contributed by atoms with van der Waals surface area (Å²) in [5, 5.41) is 9.21. The number of piperazine rings is 1. The minimum Gasteiger partial charge on any atom is -0.480 e. The number of nitrogens with zero attached hydrogens (tertiary/aromatic N) is 5. The lowest BCUT2D eigenvalue weighted by molar-refractivity contribution is -0.147. The summed E-state index contributed by atoms with van der Waals surface area (Å²) in [6.45, 7) is 3.51. The van der Waals surface area contributed by atoms with Crippen LogP contribution in [0.1, 0.15) is 13.3 Å². The summed E-state index contributed by atoms with van der Waals surface area (Å²) >= 11 is 0. The second-order valence-corrected chi connectivity index (χ2v) is 6.29. The quantitative estimate of drug-likeness (QED) is 0.785. The molecule has 140 valence electrons. The predicted molar refractivity (Wildman–Crippen MR) is 89.5 cm³/mol. The van der Waals surface area contributed by atoms with Crippen molar-refractivity contribution in [2.75, 3.05) is 37.6 Å². The SMILES string of the molecule is CC(=O)N1C[C@H](OC(=O)N2CCN(c3ncccn3)CC2)C[C@H]1C(=O)O. The average Bonchev–Trinajstić information content (AvgIpc) is 3.07. The third-order valence-electron chi connectivity index (χ3n) is 4.59. The molecule has 2 saturated heterocycles. The van der Waals surface area contributed by atoms with Crippen LogP contribution in [0.5, 0.6) is 0 Å². The van der Waals surface area contributed by atoms with Crippen LogP contribution in [0.4, 0.5) is 10.7 Å². The first-order chi connectivity index (χ1) is 12.5. The van der Waals surface area contributed by atoms with E-state index >= 15 is 0 Å². The summed E-state index contributed by atoms with van der Waals surface area (Å²) in [4.78, 5) is 48.3. The zero-order chi connectivity index (χ0) is 18.7. The second kappa shape index (κ2) is 7.54. The van der Waals surface area contributed by atoms with Crippen LogP contribution in [0.15, 0.2) is 18.5 Å². The Morgan fingerprint density at radius 1 is 1.15 bits per heavy atom. The van der Waals surface area contributed by atoms with E-state index in [1.165, 1.54) is 11.8 Å². The summed E-state index contributed by atoms with van der Waals surface area (Å²) in [6, 6.07) is 0.797. The Labute approximate surface area is 150 Å². The number of likely N-dealkylation sites (tertiary alicyclic amines) is 1. The van der Waals surface area contributed by atoms with Gasteiger partial charge >= 0.3 is 12.1 Å². The summed E-state index contributed by atoms with van der Waals surface area (Å²) in [7, 11) is 0. The van der Waals surface area contributed by atoms with Crippen molar-refractivity contribution >= 4 is 23.9 Å². The van der Waals surface area contributed by atoms with Gasteiger partial charge in [0.1, 0.15) is 12.1 Å². The van der Waals surface area contributed by atoms with E-state index in [4.69, 9.17) is 4.74 Å². The van der Waals surface area contributed by atoms with Crippen LogP contribution in [0, 0.1) is 0 Å². The third kappa shape index (κ3) is 3.84. The lowest BCUT2D eigenvalue weighted by Gasteiger charge is -2.34. The van der Waals surface area contributed by atoms with Gasteiger partial charge in [-0.1, -0.05) is 0 Å². The van der Waals surface area contributed by atoms with E-state index in [0.717, 1.165) is 0 Å². The normalized spacial score (nSPS) is 23.0. The zero-order valence-electron chi connectivity index (χ0n) is 14.4. The van der Waals surface area contributed by atoms with Gasteiger partial charge in [0.25, 0.3) is 0 Å². The Bertz CT molecular complexity index is 655. The van der Waals surface area contributed by atoms with Crippen LogP contribution in [-0.4, -0.2) is 87.7 Å². The molecule has 1 N–H and O–H groups in total. The first kappa shape index (κ1) is 17.9. The molecule has 0 radical (unpaired) electrons. The molecular formula is C16H21N5O5. The number of hydrogen-bond donors (Lipinski definition) is 1. The maximum absolute atomic E-state index is 12.4. The van der Waals surface area contributed by atoms with Gasteiger partial charge < -0.3 is 24.5 Å². The molecule has 0 aromatic carbocycles. The molecule has 10 heteroatoms. The number of anilines is 1. The highest BCUT2D eigenvalue weighted by Gasteiger charge is 2.40. The number of ether oxygens (including phenoxy) is 1. The minimum atomic E-state index is -1.09. The number of rotatable bonds is 3. The lowest BCUT2D eigenvalue weighted by atomic mass is 10.2. The molecule has 2 atom stereocenters. The van der Waals surface area contributed by atoms with Gasteiger partial charge in [0.2, 0.25) is 11.9 Å². The Balaban J connectivity index is 1.52. The fourth-order valence-corrected chi connectivity index (χ4v) is 3.23.